The third-order valence-corrected chi connectivity index (χ3v) is 2.84. The monoisotopic (exact) mass is 320 g/mol. The van der Waals surface area contributed by atoms with Gasteiger partial charge in [0.2, 0.25) is 0 Å². The van der Waals surface area contributed by atoms with Crippen molar-refractivity contribution in [2.24, 2.45) is 0 Å². The van der Waals surface area contributed by atoms with Gasteiger partial charge in [-0.2, -0.15) is 0 Å². The number of ether oxygens (including phenoxy) is 1. The van der Waals surface area contributed by atoms with Crippen LogP contribution in [0.25, 0.3) is 0 Å². The summed E-state index contributed by atoms with van der Waals surface area (Å²) in [6.07, 6.45) is 0. The summed E-state index contributed by atoms with van der Waals surface area (Å²) in [6, 6.07) is 8.50. The zero-order valence-electron chi connectivity index (χ0n) is 12.2. The summed E-state index contributed by atoms with van der Waals surface area (Å²) in [6.45, 7) is 2.35. The first-order chi connectivity index (χ1) is 11.0. The highest BCUT2D eigenvalue weighted by atomic mass is 19.1. The lowest BCUT2D eigenvalue weighted by Gasteiger charge is -2.09. The van der Waals surface area contributed by atoms with Crippen LogP contribution in [-0.4, -0.2) is 18.5 Å². The Hall–Kier alpha value is -2.96. The molecule has 3 amide bonds. The molecule has 23 heavy (non-hydrogen) atoms. The van der Waals surface area contributed by atoms with E-state index in [1.54, 1.807) is 24.3 Å². The third-order valence-electron chi connectivity index (χ3n) is 2.84. The first kappa shape index (κ1) is 16.4. The number of amides is 3. The second kappa shape index (κ2) is 7.35. The quantitative estimate of drug-likeness (QED) is 0.908. The highest BCUT2D eigenvalue weighted by Crippen LogP contribution is 2.16. The van der Waals surface area contributed by atoms with E-state index < -0.39 is 29.1 Å². The summed E-state index contributed by atoms with van der Waals surface area (Å²) >= 11 is 0. The van der Waals surface area contributed by atoms with Crippen molar-refractivity contribution in [2.45, 2.75) is 6.92 Å². The van der Waals surface area contributed by atoms with Crippen LogP contribution in [-0.2, 0) is 0 Å². The normalized spacial score (nSPS) is 10.0. The molecule has 0 heterocycles. The van der Waals surface area contributed by atoms with E-state index in [0.29, 0.717) is 18.0 Å². The maximum Gasteiger partial charge on any atom is 0.326 e. The fourth-order valence-corrected chi connectivity index (χ4v) is 1.84. The number of halogens is 2. The average Bonchev–Trinajstić information content (AvgIpc) is 2.49. The number of nitrogens with one attached hydrogen (secondary N) is 2. The average molecular weight is 320 g/mol. The number of imide groups is 1. The van der Waals surface area contributed by atoms with E-state index in [1.807, 2.05) is 12.2 Å². The molecule has 0 saturated heterocycles. The Morgan fingerprint density at radius 1 is 1.04 bits per heavy atom. The van der Waals surface area contributed by atoms with E-state index in [0.717, 1.165) is 18.2 Å². The summed E-state index contributed by atoms with van der Waals surface area (Å²) in [5.74, 6) is -2.63. The van der Waals surface area contributed by atoms with Gasteiger partial charge in [0.1, 0.15) is 22.9 Å². The summed E-state index contributed by atoms with van der Waals surface area (Å²) in [4.78, 5) is 23.5. The maximum atomic E-state index is 13.4. The van der Waals surface area contributed by atoms with Crippen LogP contribution in [0, 0.1) is 11.6 Å². The standard InChI is InChI=1S/C16H14F2N2O3/c1-2-23-11-8-6-10(7-9-11)19-16(22)20-15(21)14-12(17)4-3-5-13(14)18/h3-9H,2H2,1H3,(H2,19,20,21,22). The van der Waals surface area contributed by atoms with E-state index in [1.165, 1.54) is 0 Å². The Morgan fingerprint density at radius 3 is 2.22 bits per heavy atom. The Labute approximate surface area is 131 Å². The molecule has 0 fully saturated rings. The zero-order valence-corrected chi connectivity index (χ0v) is 12.2. The third kappa shape index (κ3) is 4.26. The second-order valence-electron chi connectivity index (χ2n) is 4.46. The molecule has 0 aliphatic carbocycles. The lowest BCUT2D eigenvalue weighted by atomic mass is 10.2. The number of anilines is 1. The van der Waals surface area contributed by atoms with Crippen LogP contribution in [0.5, 0.6) is 5.75 Å². The van der Waals surface area contributed by atoms with Crippen LogP contribution in [0.1, 0.15) is 17.3 Å². The summed E-state index contributed by atoms with van der Waals surface area (Å²) < 4.78 is 32.1. The highest BCUT2D eigenvalue weighted by Gasteiger charge is 2.19. The van der Waals surface area contributed by atoms with Crippen molar-refractivity contribution < 1.29 is 23.1 Å². The molecule has 2 N–H and O–H groups in total. The maximum absolute atomic E-state index is 13.4. The Morgan fingerprint density at radius 2 is 1.65 bits per heavy atom. The molecular formula is C16H14F2N2O3. The van der Waals surface area contributed by atoms with Gasteiger partial charge in [0.25, 0.3) is 5.91 Å². The predicted molar refractivity (Wildman–Crippen MR) is 80.5 cm³/mol. The molecule has 0 spiro atoms. The lowest BCUT2D eigenvalue weighted by molar-refractivity contribution is 0.0959. The summed E-state index contributed by atoms with van der Waals surface area (Å²) in [5, 5.41) is 4.25. The van der Waals surface area contributed by atoms with E-state index in [9.17, 15) is 18.4 Å². The van der Waals surface area contributed by atoms with Crippen LogP contribution in [0.4, 0.5) is 19.3 Å². The summed E-state index contributed by atoms with van der Waals surface area (Å²) in [5.41, 5.74) is -0.415. The molecule has 5 nitrogen and oxygen atoms in total. The van der Waals surface area contributed by atoms with Gasteiger partial charge < -0.3 is 10.1 Å². The Balaban J connectivity index is 2.00. The number of urea groups is 1. The van der Waals surface area contributed by atoms with Gasteiger partial charge in [-0.15, -0.1) is 0 Å². The molecule has 0 bridgehead atoms. The number of carbonyl (C=O) groups excluding carboxylic acids is 2. The first-order valence-electron chi connectivity index (χ1n) is 6.80. The molecule has 7 heteroatoms. The Bertz CT molecular complexity index is 698. The van der Waals surface area contributed by atoms with E-state index in [2.05, 4.69) is 5.32 Å². The predicted octanol–water partition coefficient (Wildman–Crippen LogP) is 3.33. The molecule has 120 valence electrons. The van der Waals surface area contributed by atoms with Gasteiger partial charge in [-0.25, -0.2) is 13.6 Å². The molecular weight excluding hydrogens is 306 g/mol. The van der Waals surface area contributed by atoms with Crippen molar-refractivity contribution in [1.82, 2.24) is 5.32 Å². The minimum Gasteiger partial charge on any atom is -0.494 e. The summed E-state index contributed by atoms with van der Waals surface area (Å²) in [7, 11) is 0. The van der Waals surface area contributed by atoms with Gasteiger partial charge in [0.15, 0.2) is 0 Å². The van der Waals surface area contributed by atoms with Crippen LogP contribution in [0.2, 0.25) is 0 Å². The van der Waals surface area contributed by atoms with E-state index in [4.69, 9.17) is 4.74 Å². The molecule has 2 aromatic rings. The molecule has 0 radical (unpaired) electrons. The molecule has 0 saturated carbocycles. The number of benzene rings is 2. The van der Waals surface area contributed by atoms with Crippen molar-refractivity contribution in [3.8, 4) is 5.75 Å². The van der Waals surface area contributed by atoms with Crippen molar-refractivity contribution in [2.75, 3.05) is 11.9 Å². The van der Waals surface area contributed by atoms with Gasteiger partial charge >= 0.3 is 6.03 Å². The van der Waals surface area contributed by atoms with Crippen molar-refractivity contribution in [1.29, 1.82) is 0 Å². The molecule has 0 aromatic heterocycles. The lowest BCUT2D eigenvalue weighted by Crippen LogP contribution is -2.35. The molecule has 0 aliphatic rings. The SMILES string of the molecule is CCOc1ccc(NC(=O)NC(=O)c2c(F)cccc2F)cc1. The molecule has 0 aliphatic heterocycles. The van der Waals surface area contributed by atoms with Crippen LogP contribution >= 0.6 is 0 Å². The van der Waals surface area contributed by atoms with Crippen molar-refractivity contribution in [3.05, 3.63) is 59.7 Å². The second-order valence-corrected chi connectivity index (χ2v) is 4.46. The van der Waals surface area contributed by atoms with E-state index >= 15 is 0 Å². The van der Waals surface area contributed by atoms with E-state index in [-0.39, 0.29) is 0 Å². The highest BCUT2D eigenvalue weighted by molar-refractivity contribution is 6.08. The van der Waals surface area contributed by atoms with Gasteiger partial charge in [0.05, 0.1) is 6.61 Å². The molecule has 0 unspecified atom stereocenters. The number of rotatable bonds is 4. The molecule has 2 rings (SSSR count). The van der Waals surface area contributed by atoms with Crippen molar-refractivity contribution in [3.63, 3.8) is 0 Å². The van der Waals surface area contributed by atoms with Crippen LogP contribution < -0.4 is 15.4 Å². The number of hydrogen-bond donors (Lipinski definition) is 2. The largest absolute Gasteiger partial charge is 0.494 e. The van der Waals surface area contributed by atoms with Gasteiger partial charge in [-0.1, -0.05) is 6.07 Å². The molecule has 0 atom stereocenters. The molecule has 2 aromatic carbocycles. The first-order valence-corrected chi connectivity index (χ1v) is 6.80. The van der Waals surface area contributed by atoms with Crippen molar-refractivity contribution >= 4 is 17.6 Å². The zero-order chi connectivity index (χ0) is 16.8. The minimum atomic E-state index is -1.16. The number of carbonyl (C=O) groups is 2. The topological polar surface area (TPSA) is 67.4 Å². The number of hydrogen-bond acceptors (Lipinski definition) is 3. The smallest absolute Gasteiger partial charge is 0.326 e. The minimum absolute atomic E-state index is 0.396. The van der Waals surface area contributed by atoms with Gasteiger partial charge in [-0.3, -0.25) is 10.1 Å². The van der Waals surface area contributed by atoms with Gasteiger partial charge in [-0.05, 0) is 43.3 Å². The fourth-order valence-electron chi connectivity index (χ4n) is 1.84. The van der Waals surface area contributed by atoms with Crippen LogP contribution in [0.3, 0.4) is 0 Å². The van der Waals surface area contributed by atoms with Crippen LogP contribution in [0.15, 0.2) is 42.5 Å². The van der Waals surface area contributed by atoms with Gasteiger partial charge in [0, 0.05) is 5.69 Å². The Kier molecular flexibility index (Phi) is 5.24. The fraction of sp³-hybridized carbons (Fsp3) is 0.125.